The number of likely N-dealkylation sites (tertiary alicyclic amines) is 1. The second kappa shape index (κ2) is 7.91. The van der Waals surface area contributed by atoms with Crippen LogP contribution < -0.4 is 5.32 Å². The van der Waals surface area contributed by atoms with Crippen molar-refractivity contribution in [3.63, 3.8) is 0 Å². The number of rotatable bonds is 2. The van der Waals surface area contributed by atoms with Gasteiger partial charge in [0.2, 0.25) is 0 Å². The summed E-state index contributed by atoms with van der Waals surface area (Å²) in [5.74, 6) is -0.581. The third kappa shape index (κ3) is 3.76. The highest BCUT2D eigenvalue weighted by molar-refractivity contribution is 8.04. The number of anilines is 1. The van der Waals surface area contributed by atoms with Gasteiger partial charge in [-0.1, -0.05) is 36.0 Å². The predicted octanol–water partition coefficient (Wildman–Crippen LogP) is 3.75. The van der Waals surface area contributed by atoms with Crippen molar-refractivity contribution in [1.82, 2.24) is 4.90 Å². The molecule has 0 radical (unpaired) electrons. The van der Waals surface area contributed by atoms with Gasteiger partial charge < -0.3 is 19.7 Å². The summed E-state index contributed by atoms with van der Waals surface area (Å²) in [6.45, 7) is 2.52. The van der Waals surface area contributed by atoms with Crippen molar-refractivity contribution < 1.29 is 19.1 Å². The van der Waals surface area contributed by atoms with E-state index in [0.29, 0.717) is 49.6 Å². The molecule has 2 amide bonds. The topological polar surface area (TPSA) is 67.9 Å². The molecule has 2 aromatic carbocycles. The molecule has 1 spiro atoms. The van der Waals surface area contributed by atoms with Gasteiger partial charge in [-0.15, -0.1) is 0 Å². The van der Waals surface area contributed by atoms with Crippen LogP contribution >= 0.6 is 11.8 Å². The van der Waals surface area contributed by atoms with E-state index in [-0.39, 0.29) is 11.8 Å². The largest absolute Gasteiger partial charge is 0.347 e. The maximum atomic E-state index is 12.9. The quantitative estimate of drug-likeness (QED) is 0.747. The van der Waals surface area contributed by atoms with Crippen LogP contribution in [0.2, 0.25) is 0 Å². The minimum absolute atomic E-state index is 0.0146. The van der Waals surface area contributed by atoms with Gasteiger partial charge in [0.15, 0.2) is 5.79 Å². The number of amides is 2. The third-order valence-electron chi connectivity index (χ3n) is 5.66. The van der Waals surface area contributed by atoms with Gasteiger partial charge in [-0.2, -0.15) is 0 Å². The zero-order valence-electron chi connectivity index (χ0n) is 16.4. The second-order valence-electron chi connectivity index (χ2n) is 7.58. The molecule has 0 saturated carbocycles. The lowest BCUT2D eigenvalue weighted by Crippen LogP contribution is -2.47. The maximum absolute atomic E-state index is 12.9. The molecule has 0 unspecified atom stereocenters. The molecule has 6 nitrogen and oxygen atoms in total. The highest BCUT2D eigenvalue weighted by Gasteiger charge is 2.40. The molecule has 1 N–H and O–H groups in total. The number of thioether (sulfide) groups is 1. The van der Waals surface area contributed by atoms with Crippen molar-refractivity contribution in [1.29, 1.82) is 0 Å². The molecule has 3 heterocycles. The summed E-state index contributed by atoms with van der Waals surface area (Å²) in [7, 11) is 0. The summed E-state index contributed by atoms with van der Waals surface area (Å²) in [6.07, 6.45) is 3.26. The van der Waals surface area contributed by atoms with Crippen molar-refractivity contribution in [2.45, 2.75) is 23.5 Å². The van der Waals surface area contributed by atoms with Crippen LogP contribution in [-0.2, 0) is 14.3 Å². The van der Waals surface area contributed by atoms with Gasteiger partial charge in [0.25, 0.3) is 11.8 Å². The number of hydrogen-bond acceptors (Lipinski definition) is 5. The number of nitrogens with one attached hydrogen (secondary N) is 1. The molecule has 2 fully saturated rings. The molecule has 3 aliphatic heterocycles. The second-order valence-corrected chi connectivity index (χ2v) is 8.67. The van der Waals surface area contributed by atoms with Crippen molar-refractivity contribution in [2.24, 2.45) is 0 Å². The van der Waals surface area contributed by atoms with Crippen LogP contribution in [0.15, 0.2) is 58.3 Å². The van der Waals surface area contributed by atoms with E-state index in [0.717, 1.165) is 16.1 Å². The van der Waals surface area contributed by atoms with Gasteiger partial charge in [-0.25, -0.2) is 0 Å². The number of carbonyl (C=O) groups excluding carboxylic acids is 2. The number of piperidine rings is 1. The lowest BCUT2D eigenvalue weighted by atomic mass is 10.0. The zero-order chi connectivity index (χ0) is 20.6. The Morgan fingerprint density at radius 3 is 2.47 bits per heavy atom. The Balaban J connectivity index is 1.26. The van der Waals surface area contributed by atoms with Crippen LogP contribution in [0, 0.1) is 0 Å². The number of ether oxygens (including phenoxy) is 2. The van der Waals surface area contributed by atoms with Crippen LogP contribution in [0.5, 0.6) is 0 Å². The molecule has 5 rings (SSSR count). The number of benzene rings is 2. The van der Waals surface area contributed by atoms with Crippen molar-refractivity contribution in [3.05, 3.63) is 64.6 Å². The van der Waals surface area contributed by atoms with E-state index in [9.17, 15) is 9.59 Å². The molecule has 154 valence electrons. The van der Waals surface area contributed by atoms with Gasteiger partial charge in [-0.05, 0) is 35.9 Å². The Morgan fingerprint density at radius 2 is 1.73 bits per heavy atom. The van der Waals surface area contributed by atoms with E-state index in [2.05, 4.69) is 5.32 Å². The maximum Gasteiger partial charge on any atom is 0.262 e. The number of para-hydroxylation sites is 1. The first kappa shape index (κ1) is 19.4. The normalized spacial score (nSPS) is 21.5. The minimum Gasteiger partial charge on any atom is -0.347 e. The van der Waals surface area contributed by atoms with Crippen LogP contribution in [-0.4, -0.2) is 48.8 Å². The Kier molecular flexibility index (Phi) is 5.10. The highest BCUT2D eigenvalue weighted by atomic mass is 32.2. The highest BCUT2D eigenvalue weighted by Crippen LogP contribution is 2.38. The van der Waals surface area contributed by atoms with Crippen molar-refractivity contribution in [2.75, 3.05) is 31.6 Å². The van der Waals surface area contributed by atoms with Gasteiger partial charge in [0.05, 0.1) is 23.8 Å². The van der Waals surface area contributed by atoms with Crippen LogP contribution in [0.3, 0.4) is 0 Å². The SMILES string of the molecule is O=C1Nc2ccccc2S/C1=C/c1ccc(C(=O)N2CCC3(CC2)OCCO3)cc1. The molecule has 3 aliphatic rings. The average Bonchev–Trinajstić information content (AvgIpc) is 3.23. The van der Waals surface area contributed by atoms with Crippen LogP contribution in [0.1, 0.15) is 28.8 Å². The minimum atomic E-state index is -0.482. The van der Waals surface area contributed by atoms with Crippen molar-refractivity contribution >= 4 is 35.3 Å². The summed E-state index contributed by atoms with van der Waals surface area (Å²) < 4.78 is 11.5. The van der Waals surface area contributed by atoms with Gasteiger partial charge >= 0.3 is 0 Å². The molecule has 0 aliphatic carbocycles. The summed E-state index contributed by atoms with van der Waals surface area (Å²) in [4.78, 5) is 28.7. The Morgan fingerprint density at radius 1 is 1.03 bits per heavy atom. The number of carbonyl (C=O) groups is 2. The standard InChI is InChI=1S/C23H22N2O4S/c26-21-20(30-19-4-2-1-3-18(19)24-21)15-16-5-7-17(8-6-16)22(27)25-11-9-23(10-12-25)28-13-14-29-23/h1-8,15H,9-14H2,(H,24,26)/b20-15+. The Bertz CT molecular complexity index is 1000. The lowest BCUT2D eigenvalue weighted by Gasteiger charge is -2.37. The van der Waals surface area contributed by atoms with Gasteiger partial charge in [0, 0.05) is 36.4 Å². The first-order valence-electron chi connectivity index (χ1n) is 10.1. The molecule has 0 bridgehead atoms. The van der Waals surface area contributed by atoms with E-state index < -0.39 is 5.79 Å². The summed E-state index contributed by atoms with van der Waals surface area (Å²) in [6, 6.07) is 15.1. The van der Waals surface area contributed by atoms with E-state index in [1.807, 2.05) is 59.5 Å². The molecule has 7 heteroatoms. The summed E-state index contributed by atoms with van der Waals surface area (Å²) in [5, 5.41) is 2.91. The van der Waals surface area contributed by atoms with Gasteiger partial charge in [-0.3, -0.25) is 9.59 Å². The van der Waals surface area contributed by atoms with E-state index in [4.69, 9.17) is 9.47 Å². The Labute approximate surface area is 179 Å². The smallest absolute Gasteiger partial charge is 0.262 e. The fraction of sp³-hybridized carbons (Fsp3) is 0.304. The summed E-state index contributed by atoms with van der Waals surface area (Å²) in [5.41, 5.74) is 2.36. The van der Waals surface area contributed by atoms with Crippen molar-refractivity contribution in [3.8, 4) is 0 Å². The molecule has 2 aromatic rings. The summed E-state index contributed by atoms with van der Waals surface area (Å²) >= 11 is 1.45. The van der Waals surface area contributed by atoms with E-state index >= 15 is 0 Å². The molecule has 2 saturated heterocycles. The number of nitrogens with zero attached hydrogens (tertiary/aromatic N) is 1. The molecular weight excluding hydrogens is 400 g/mol. The first-order chi connectivity index (χ1) is 14.6. The molecule has 30 heavy (non-hydrogen) atoms. The number of fused-ring (bicyclic) bond motifs is 1. The first-order valence-corrected chi connectivity index (χ1v) is 10.9. The Hall–Kier alpha value is -2.61. The van der Waals surface area contributed by atoms with Crippen LogP contribution in [0.4, 0.5) is 5.69 Å². The van der Waals surface area contributed by atoms with E-state index in [1.54, 1.807) is 0 Å². The monoisotopic (exact) mass is 422 g/mol. The van der Waals surface area contributed by atoms with Crippen LogP contribution in [0.25, 0.3) is 6.08 Å². The van der Waals surface area contributed by atoms with E-state index in [1.165, 1.54) is 11.8 Å². The zero-order valence-corrected chi connectivity index (χ0v) is 17.2. The molecule has 0 atom stereocenters. The fourth-order valence-corrected chi connectivity index (χ4v) is 4.95. The fourth-order valence-electron chi connectivity index (χ4n) is 3.99. The third-order valence-corrected chi connectivity index (χ3v) is 6.76. The predicted molar refractivity (Wildman–Crippen MR) is 115 cm³/mol. The molecule has 0 aromatic heterocycles. The number of hydrogen-bond donors (Lipinski definition) is 1. The van der Waals surface area contributed by atoms with Gasteiger partial charge in [0.1, 0.15) is 0 Å². The average molecular weight is 423 g/mol. The lowest BCUT2D eigenvalue weighted by molar-refractivity contribution is -0.181. The molecular formula is C23H22N2O4S.